The fourth-order valence-corrected chi connectivity index (χ4v) is 4.75. The summed E-state index contributed by atoms with van der Waals surface area (Å²) in [5, 5.41) is 12.4. The second-order valence-corrected chi connectivity index (χ2v) is 9.45. The highest BCUT2D eigenvalue weighted by atomic mass is 35.5. The minimum absolute atomic E-state index is 0.00616. The normalized spacial score (nSPS) is 19.0. The van der Waals surface area contributed by atoms with Crippen molar-refractivity contribution < 1.29 is 19.4 Å². The van der Waals surface area contributed by atoms with Gasteiger partial charge in [-0.05, 0) is 60.5 Å². The maximum atomic E-state index is 13.4. The van der Waals surface area contributed by atoms with Gasteiger partial charge < -0.3 is 14.7 Å². The van der Waals surface area contributed by atoms with E-state index in [0.29, 0.717) is 45.8 Å². The van der Waals surface area contributed by atoms with E-state index < -0.39 is 17.7 Å². The third kappa shape index (κ3) is 4.03. The molecule has 0 bridgehead atoms. The van der Waals surface area contributed by atoms with E-state index in [1.54, 1.807) is 60.7 Å². The molecule has 1 N–H and O–H groups in total. The van der Waals surface area contributed by atoms with E-state index in [2.05, 4.69) is 0 Å². The Kier molecular flexibility index (Phi) is 5.95. The molecule has 1 amide bonds. The Labute approximate surface area is 212 Å². The molecule has 5 rings (SSSR count). The number of anilines is 2. The van der Waals surface area contributed by atoms with Gasteiger partial charge in [-0.25, -0.2) is 0 Å². The molecule has 2 aliphatic rings. The molecule has 2 aliphatic heterocycles. The summed E-state index contributed by atoms with van der Waals surface area (Å²) in [7, 11) is 1.93. The lowest BCUT2D eigenvalue weighted by atomic mass is 9.94. The summed E-state index contributed by atoms with van der Waals surface area (Å²) in [5.74, 6) is -1.09. The molecule has 1 atom stereocenters. The SMILES string of the molecule is Cc1ccc(N2C(=O)C(=O)/C(=C(\O)c3ccc4c(c3)N(C)CCO4)C2c2ccc(Cl)cc2)cc1Cl. The highest BCUT2D eigenvalue weighted by Gasteiger charge is 2.47. The second-order valence-electron chi connectivity index (χ2n) is 8.61. The van der Waals surface area contributed by atoms with Crippen molar-refractivity contribution in [2.75, 3.05) is 30.0 Å². The van der Waals surface area contributed by atoms with E-state index in [0.717, 1.165) is 11.3 Å². The van der Waals surface area contributed by atoms with Crippen LogP contribution in [0.15, 0.2) is 66.2 Å². The van der Waals surface area contributed by atoms with Crippen LogP contribution in [0.25, 0.3) is 5.76 Å². The molecule has 178 valence electrons. The van der Waals surface area contributed by atoms with Crippen LogP contribution in [0.5, 0.6) is 5.75 Å². The Morgan fingerprint density at radius 2 is 1.77 bits per heavy atom. The van der Waals surface area contributed by atoms with Crippen molar-refractivity contribution in [2.24, 2.45) is 0 Å². The third-order valence-electron chi connectivity index (χ3n) is 6.39. The highest BCUT2D eigenvalue weighted by molar-refractivity contribution is 6.52. The monoisotopic (exact) mass is 508 g/mol. The molecule has 3 aromatic rings. The molecule has 1 fully saturated rings. The maximum Gasteiger partial charge on any atom is 0.300 e. The van der Waals surface area contributed by atoms with E-state index in [9.17, 15) is 14.7 Å². The predicted molar refractivity (Wildman–Crippen MR) is 138 cm³/mol. The van der Waals surface area contributed by atoms with Crippen LogP contribution in [0.2, 0.25) is 10.0 Å². The largest absolute Gasteiger partial charge is 0.507 e. The summed E-state index contributed by atoms with van der Waals surface area (Å²) >= 11 is 12.4. The molecule has 8 heteroatoms. The quantitative estimate of drug-likeness (QED) is 0.276. The summed E-state index contributed by atoms with van der Waals surface area (Å²) in [6, 6.07) is 16.4. The van der Waals surface area contributed by atoms with Crippen molar-refractivity contribution in [3.05, 3.63) is 93.0 Å². The van der Waals surface area contributed by atoms with Gasteiger partial charge in [0.25, 0.3) is 11.7 Å². The van der Waals surface area contributed by atoms with Crippen molar-refractivity contribution in [3.8, 4) is 5.75 Å². The molecule has 6 nitrogen and oxygen atoms in total. The molecule has 0 spiro atoms. The number of halogens is 2. The van der Waals surface area contributed by atoms with Crippen LogP contribution in [-0.4, -0.2) is 37.0 Å². The fourth-order valence-electron chi connectivity index (χ4n) is 4.44. The zero-order valence-electron chi connectivity index (χ0n) is 19.1. The number of rotatable bonds is 3. The summed E-state index contributed by atoms with van der Waals surface area (Å²) < 4.78 is 5.70. The molecule has 35 heavy (non-hydrogen) atoms. The predicted octanol–water partition coefficient (Wildman–Crippen LogP) is 5.76. The number of nitrogens with zero attached hydrogens (tertiary/aromatic N) is 2. The van der Waals surface area contributed by atoms with Gasteiger partial charge in [0.15, 0.2) is 0 Å². The van der Waals surface area contributed by atoms with E-state index in [-0.39, 0.29) is 11.3 Å². The fraction of sp³-hybridized carbons (Fsp3) is 0.185. The van der Waals surface area contributed by atoms with Crippen molar-refractivity contribution in [1.29, 1.82) is 0 Å². The number of fused-ring (bicyclic) bond motifs is 1. The van der Waals surface area contributed by atoms with Crippen LogP contribution < -0.4 is 14.5 Å². The topological polar surface area (TPSA) is 70.1 Å². The van der Waals surface area contributed by atoms with Gasteiger partial charge in [0.2, 0.25) is 0 Å². The average Bonchev–Trinajstić information content (AvgIpc) is 3.11. The lowest BCUT2D eigenvalue weighted by Crippen LogP contribution is -2.29. The van der Waals surface area contributed by atoms with E-state index >= 15 is 0 Å². The number of carbonyl (C=O) groups is 2. The van der Waals surface area contributed by atoms with Crippen molar-refractivity contribution in [2.45, 2.75) is 13.0 Å². The van der Waals surface area contributed by atoms with Crippen LogP contribution in [-0.2, 0) is 9.59 Å². The smallest absolute Gasteiger partial charge is 0.300 e. The minimum atomic E-state index is -0.865. The van der Waals surface area contributed by atoms with Crippen LogP contribution in [0.3, 0.4) is 0 Å². The number of aliphatic hydroxyl groups is 1. The Morgan fingerprint density at radius 1 is 1.03 bits per heavy atom. The summed E-state index contributed by atoms with van der Waals surface area (Å²) in [6.07, 6.45) is 0. The molecular formula is C27H22Cl2N2O4. The number of hydrogen-bond acceptors (Lipinski definition) is 5. The van der Waals surface area contributed by atoms with E-state index in [1.165, 1.54) is 4.90 Å². The number of Topliss-reactive ketones (excluding diaryl/α,β-unsaturated/α-hetero) is 1. The zero-order chi connectivity index (χ0) is 24.9. The summed E-state index contributed by atoms with van der Waals surface area (Å²) in [4.78, 5) is 30.1. The van der Waals surface area contributed by atoms with E-state index in [4.69, 9.17) is 27.9 Å². The average molecular weight is 509 g/mol. The van der Waals surface area contributed by atoms with Gasteiger partial charge in [0.1, 0.15) is 18.1 Å². The first-order valence-electron chi connectivity index (χ1n) is 11.1. The summed E-state index contributed by atoms with van der Waals surface area (Å²) in [5.41, 5.74) is 3.14. The molecule has 2 heterocycles. The molecule has 0 radical (unpaired) electrons. The molecule has 1 saturated heterocycles. The van der Waals surface area contributed by atoms with Crippen molar-refractivity contribution in [1.82, 2.24) is 0 Å². The summed E-state index contributed by atoms with van der Waals surface area (Å²) in [6.45, 7) is 3.11. The van der Waals surface area contributed by atoms with Gasteiger partial charge in [0.05, 0.1) is 23.8 Å². The number of amides is 1. The van der Waals surface area contributed by atoms with Crippen molar-refractivity contribution >= 4 is 52.0 Å². The first-order valence-corrected chi connectivity index (χ1v) is 11.8. The maximum absolute atomic E-state index is 13.4. The molecule has 0 aromatic heterocycles. The molecule has 1 unspecified atom stereocenters. The lowest BCUT2D eigenvalue weighted by Gasteiger charge is -2.28. The number of benzene rings is 3. The van der Waals surface area contributed by atoms with Crippen LogP contribution in [0, 0.1) is 6.92 Å². The first-order chi connectivity index (χ1) is 16.8. The van der Waals surface area contributed by atoms with Crippen LogP contribution in [0.4, 0.5) is 11.4 Å². The van der Waals surface area contributed by atoms with Crippen molar-refractivity contribution in [3.63, 3.8) is 0 Å². The van der Waals surface area contributed by atoms with Gasteiger partial charge in [0, 0.05) is 28.3 Å². The van der Waals surface area contributed by atoms with Gasteiger partial charge in [-0.2, -0.15) is 0 Å². The van der Waals surface area contributed by atoms with Crippen LogP contribution in [0.1, 0.15) is 22.7 Å². The number of ether oxygens (including phenoxy) is 1. The van der Waals surface area contributed by atoms with Gasteiger partial charge in [-0.1, -0.05) is 41.4 Å². The molecular weight excluding hydrogens is 487 g/mol. The van der Waals surface area contributed by atoms with Crippen LogP contribution >= 0.6 is 23.2 Å². The third-order valence-corrected chi connectivity index (χ3v) is 7.05. The van der Waals surface area contributed by atoms with Gasteiger partial charge in [-0.15, -0.1) is 0 Å². The second kappa shape index (κ2) is 8.95. The molecule has 0 aliphatic carbocycles. The molecule has 3 aromatic carbocycles. The number of ketones is 1. The molecule has 0 saturated carbocycles. The number of hydrogen-bond donors (Lipinski definition) is 1. The number of aryl methyl sites for hydroxylation is 1. The zero-order valence-corrected chi connectivity index (χ0v) is 20.6. The first kappa shape index (κ1) is 23.3. The van der Waals surface area contributed by atoms with E-state index in [1.807, 2.05) is 18.9 Å². The Balaban J connectivity index is 1.70. The Morgan fingerprint density at radius 3 is 2.49 bits per heavy atom. The number of aliphatic hydroxyl groups excluding tert-OH is 1. The number of likely N-dealkylation sites (N-methyl/N-ethyl adjacent to an activating group) is 1. The minimum Gasteiger partial charge on any atom is -0.507 e. The lowest BCUT2D eigenvalue weighted by molar-refractivity contribution is -0.132. The van der Waals surface area contributed by atoms with Gasteiger partial charge >= 0.3 is 0 Å². The number of carbonyl (C=O) groups excluding carboxylic acids is 2. The Hall–Kier alpha value is -3.48. The van der Waals surface area contributed by atoms with Gasteiger partial charge in [-0.3, -0.25) is 14.5 Å². The standard InChI is InChI=1S/C27H22Cl2N2O4/c1-15-3-9-19(14-20(15)29)31-24(16-4-7-18(28)8-5-16)23(26(33)27(31)34)25(32)17-6-10-22-21(13-17)30(2)11-12-35-22/h3-10,13-14,24,32H,11-12H2,1-2H3/b25-23-. The highest BCUT2D eigenvalue weighted by Crippen LogP contribution is 2.44. The Bertz CT molecular complexity index is 1380.